The summed E-state index contributed by atoms with van der Waals surface area (Å²) in [6, 6.07) is 28.3. The molecule has 2 aliphatic rings. The number of rotatable bonds is 7. The van der Waals surface area contributed by atoms with Gasteiger partial charge in [0, 0.05) is 17.9 Å². The van der Waals surface area contributed by atoms with Gasteiger partial charge in [0.2, 0.25) is 5.91 Å². The fourth-order valence-electron chi connectivity index (χ4n) is 6.12. The second-order valence-electron chi connectivity index (χ2n) is 10.1. The average Bonchev–Trinajstić information content (AvgIpc) is 3.29. The molecule has 2 saturated heterocycles. The number of hydrogen-bond acceptors (Lipinski definition) is 6. The van der Waals surface area contributed by atoms with E-state index < -0.39 is 47.4 Å². The normalized spacial score (nSPS) is 27.1. The number of ether oxygens (including phenoxy) is 1. The first-order valence-corrected chi connectivity index (χ1v) is 12.6. The maximum absolute atomic E-state index is 14.0. The zero-order chi connectivity index (χ0) is 27.7. The summed E-state index contributed by atoms with van der Waals surface area (Å²) in [7, 11) is 0. The second-order valence-corrected chi connectivity index (χ2v) is 10.1. The summed E-state index contributed by atoms with van der Waals surface area (Å²) in [5.74, 6) is -0.470. The number of aliphatic hydroxyl groups is 2. The molecule has 3 aromatic carbocycles. The van der Waals surface area contributed by atoms with Crippen LogP contribution in [0.25, 0.3) is 10.4 Å². The van der Waals surface area contributed by atoms with Crippen LogP contribution in [0.5, 0.6) is 0 Å². The first kappa shape index (κ1) is 26.4. The van der Waals surface area contributed by atoms with Gasteiger partial charge in [0.15, 0.2) is 5.72 Å². The van der Waals surface area contributed by atoms with Gasteiger partial charge in [-0.15, -0.1) is 0 Å². The van der Waals surface area contributed by atoms with Gasteiger partial charge in [-0.3, -0.25) is 15.0 Å². The summed E-state index contributed by atoms with van der Waals surface area (Å²) in [6.45, 7) is 1.10. The van der Waals surface area contributed by atoms with Crippen molar-refractivity contribution in [3.05, 3.63) is 118 Å². The first-order chi connectivity index (χ1) is 18.8. The summed E-state index contributed by atoms with van der Waals surface area (Å²) in [6.07, 6.45) is -2.57. The predicted octanol–water partition coefficient (Wildman–Crippen LogP) is 3.69. The van der Waals surface area contributed by atoms with Gasteiger partial charge in [0.05, 0.1) is 17.4 Å². The van der Waals surface area contributed by atoms with Gasteiger partial charge < -0.3 is 14.9 Å². The van der Waals surface area contributed by atoms with Crippen LogP contribution in [-0.2, 0) is 14.9 Å². The molecule has 0 aromatic heterocycles. The molecule has 0 bridgehead atoms. The van der Waals surface area contributed by atoms with Crippen LogP contribution in [0.3, 0.4) is 0 Å². The fraction of sp³-hybridized carbons (Fsp3) is 0.310. The van der Waals surface area contributed by atoms with Gasteiger partial charge >= 0.3 is 6.03 Å². The number of azide groups is 1. The molecule has 200 valence electrons. The molecule has 1 unspecified atom stereocenters. The number of aliphatic hydroxyl groups excluding tert-OH is 1. The van der Waals surface area contributed by atoms with Crippen molar-refractivity contribution < 1.29 is 24.5 Å². The Hall–Kier alpha value is -4.21. The van der Waals surface area contributed by atoms with Gasteiger partial charge in [0.1, 0.15) is 12.3 Å². The van der Waals surface area contributed by atoms with E-state index in [1.807, 2.05) is 97.9 Å². The van der Waals surface area contributed by atoms with E-state index in [2.05, 4.69) is 15.3 Å². The highest BCUT2D eigenvalue weighted by atomic mass is 16.6. The Kier molecular flexibility index (Phi) is 6.88. The number of amides is 3. The molecule has 0 aliphatic carbocycles. The molecule has 2 fully saturated rings. The third kappa shape index (κ3) is 4.14. The molecule has 3 N–H and O–H groups in total. The molecule has 3 aromatic rings. The molecule has 0 saturated carbocycles. The highest BCUT2D eigenvalue weighted by Gasteiger charge is 2.61. The molecule has 0 radical (unpaired) electrons. The maximum atomic E-state index is 14.0. The van der Waals surface area contributed by atoms with E-state index in [9.17, 15) is 19.8 Å². The third-order valence-corrected chi connectivity index (χ3v) is 7.96. The molecule has 10 heteroatoms. The highest BCUT2D eigenvalue weighted by molar-refractivity contribution is 6.01. The number of nitrogens with one attached hydrogen (secondary N) is 1. The van der Waals surface area contributed by atoms with E-state index in [1.165, 1.54) is 4.90 Å². The molecule has 39 heavy (non-hydrogen) atoms. The van der Waals surface area contributed by atoms with E-state index in [-0.39, 0.29) is 13.0 Å². The summed E-state index contributed by atoms with van der Waals surface area (Å²) >= 11 is 0. The predicted molar refractivity (Wildman–Crippen MR) is 142 cm³/mol. The molecule has 2 aliphatic heterocycles. The maximum Gasteiger partial charge on any atom is 0.326 e. The lowest BCUT2D eigenvalue weighted by molar-refractivity contribution is -0.140. The zero-order valence-corrected chi connectivity index (χ0v) is 21.3. The Labute approximate surface area is 225 Å². The van der Waals surface area contributed by atoms with Crippen LogP contribution in [0.15, 0.2) is 96.1 Å². The van der Waals surface area contributed by atoms with Crippen molar-refractivity contribution in [1.29, 1.82) is 0 Å². The van der Waals surface area contributed by atoms with Gasteiger partial charge in [-0.1, -0.05) is 96.1 Å². The lowest BCUT2D eigenvalue weighted by Gasteiger charge is -2.53. The van der Waals surface area contributed by atoms with E-state index in [0.717, 1.165) is 16.7 Å². The zero-order valence-electron chi connectivity index (χ0n) is 21.3. The number of urea groups is 1. The topological polar surface area (TPSA) is 148 Å². The molecular formula is C29H29N5O5. The number of benzene rings is 3. The number of carbonyl (C=O) groups is 2. The number of hydrogen-bond donors (Lipinski definition) is 3. The van der Waals surface area contributed by atoms with E-state index >= 15 is 0 Å². The first-order valence-electron chi connectivity index (χ1n) is 12.6. The van der Waals surface area contributed by atoms with E-state index in [1.54, 1.807) is 0 Å². The third-order valence-electron chi connectivity index (χ3n) is 7.96. The van der Waals surface area contributed by atoms with Gasteiger partial charge in [-0.2, -0.15) is 0 Å². The van der Waals surface area contributed by atoms with Crippen LogP contribution in [0.2, 0.25) is 0 Å². The Morgan fingerprint density at radius 3 is 1.92 bits per heavy atom. The van der Waals surface area contributed by atoms with Crippen LogP contribution in [0.1, 0.15) is 30.0 Å². The molecule has 2 heterocycles. The van der Waals surface area contributed by atoms with Crippen molar-refractivity contribution in [2.24, 2.45) is 10.5 Å². The second kappa shape index (κ2) is 10.2. The minimum Gasteiger partial charge on any atom is -0.394 e. The number of carbonyl (C=O) groups excluding carboxylic acids is 2. The van der Waals surface area contributed by atoms with Crippen LogP contribution < -0.4 is 5.32 Å². The highest BCUT2D eigenvalue weighted by Crippen LogP contribution is 2.54. The SMILES string of the molecule is CC1(C(c2ccccc2)(c2ccccc2)c2ccccc2)CN([C@H]2C[C@@](O)(N=[N+]=[N-])[C@@H](CO)O2)C(=O)NC1=O. The fourth-order valence-corrected chi connectivity index (χ4v) is 6.12. The van der Waals surface area contributed by atoms with E-state index in [4.69, 9.17) is 10.3 Å². The van der Waals surface area contributed by atoms with Crippen molar-refractivity contribution in [1.82, 2.24) is 10.2 Å². The molecule has 10 nitrogen and oxygen atoms in total. The Morgan fingerprint density at radius 2 is 1.49 bits per heavy atom. The van der Waals surface area contributed by atoms with Crippen LogP contribution in [0.4, 0.5) is 4.79 Å². The molecule has 3 amide bonds. The summed E-state index contributed by atoms with van der Waals surface area (Å²) in [5, 5.41) is 26.6. The Balaban J connectivity index is 1.71. The summed E-state index contributed by atoms with van der Waals surface area (Å²) in [4.78, 5) is 31.3. The average molecular weight is 528 g/mol. The van der Waals surface area contributed by atoms with Crippen molar-refractivity contribution in [3.8, 4) is 0 Å². The van der Waals surface area contributed by atoms with Crippen molar-refractivity contribution in [2.75, 3.05) is 13.2 Å². The summed E-state index contributed by atoms with van der Waals surface area (Å²) in [5.41, 5.74) is 7.12. The molecule has 0 spiro atoms. The number of nitrogens with zero attached hydrogens (tertiary/aromatic N) is 4. The lowest BCUT2D eigenvalue weighted by Crippen LogP contribution is -2.68. The van der Waals surface area contributed by atoms with Crippen LogP contribution in [0, 0.1) is 5.41 Å². The minimum atomic E-state index is -2.05. The van der Waals surface area contributed by atoms with E-state index in [0.29, 0.717) is 0 Å². The Bertz CT molecular complexity index is 1300. The molecule has 4 atom stereocenters. The molecular weight excluding hydrogens is 498 g/mol. The summed E-state index contributed by atoms with van der Waals surface area (Å²) < 4.78 is 5.84. The quantitative estimate of drug-likeness (QED) is 0.186. The smallest absolute Gasteiger partial charge is 0.326 e. The largest absolute Gasteiger partial charge is 0.394 e. The van der Waals surface area contributed by atoms with Gasteiger partial charge in [-0.25, -0.2) is 4.79 Å². The Morgan fingerprint density at radius 1 is 1.00 bits per heavy atom. The standard InChI is InChI=1S/C29H29N5O5/c1-27(19-34(26(37)31-25(27)36)24-17-28(38,32-33-30)23(18-35)39-24)29(20-11-5-2-6-12-20,21-13-7-3-8-14-21)22-15-9-4-10-16-22/h2-16,23-24,35,38H,17-19H2,1H3,(H,31,36,37)/t23-,24-,27?,28+/m1/s1. The van der Waals surface area contributed by atoms with Gasteiger partial charge in [0.25, 0.3) is 0 Å². The number of imide groups is 1. The van der Waals surface area contributed by atoms with Crippen molar-refractivity contribution >= 4 is 11.9 Å². The molecule has 5 rings (SSSR count). The lowest BCUT2D eigenvalue weighted by atomic mass is 9.53. The monoisotopic (exact) mass is 527 g/mol. The van der Waals surface area contributed by atoms with Crippen LogP contribution >= 0.6 is 0 Å². The minimum absolute atomic E-state index is 0.0918. The van der Waals surface area contributed by atoms with Crippen molar-refractivity contribution in [2.45, 2.75) is 36.8 Å². The van der Waals surface area contributed by atoms with Crippen LogP contribution in [-0.4, -0.2) is 58.3 Å². The van der Waals surface area contributed by atoms with Crippen molar-refractivity contribution in [3.63, 3.8) is 0 Å². The van der Waals surface area contributed by atoms with Gasteiger partial charge in [-0.05, 0) is 29.1 Å².